The molecule has 1 saturated heterocycles. The first-order valence-electron chi connectivity index (χ1n) is 7.20. The summed E-state index contributed by atoms with van der Waals surface area (Å²) in [5.41, 5.74) is 0.660. The summed E-state index contributed by atoms with van der Waals surface area (Å²) in [6, 6.07) is 9.09. The van der Waals surface area contributed by atoms with Gasteiger partial charge in [-0.15, -0.1) is 0 Å². The van der Waals surface area contributed by atoms with Crippen LogP contribution < -0.4 is 0 Å². The number of halogens is 3. The number of sulfonamides is 1. The molecule has 0 N–H and O–H groups in total. The van der Waals surface area contributed by atoms with E-state index >= 15 is 0 Å². The number of benzene rings is 2. The molecule has 1 fully saturated rings. The molecule has 2 aromatic carbocycles. The highest BCUT2D eigenvalue weighted by atomic mass is 35.5. The maximum absolute atomic E-state index is 14.0. The highest BCUT2D eigenvalue weighted by molar-refractivity contribution is 7.89. The maximum atomic E-state index is 14.0. The van der Waals surface area contributed by atoms with Gasteiger partial charge in [-0.1, -0.05) is 23.7 Å². The van der Waals surface area contributed by atoms with Crippen molar-refractivity contribution in [2.45, 2.75) is 11.0 Å². The molecule has 8 heteroatoms. The maximum Gasteiger partial charge on any atom is 0.246 e. The summed E-state index contributed by atoms with van der Waals surface area (Å²) in [5, 5.41) is 0.123. The van der Waals surface area contributed by atoms with Crippen LogP contribution in [0.2, 0.25) is 5.02 Å². The zero-order valence-corrected chi connectivity index (χ0v) is 14.0. The van der Waals surface area contributed by atoms with Crippen molar-refractivity contribution >= 4 is 21.6 Å². The zero-order chi connectivity index (χ0) is 17.3. The predicted octanol–water partition coefficient (Wildman–Crippen LogP) is 3.38. The van der Waals surface area contributed by atoms with E-state index in [2.05, 4.69) is 0 Å². The summed E-state index contributed by atoms with van der Waals surface area (Å²) in [7, 11) is -4.01. The van der Waals surface area contributed by atoms with Gasteiger partial charge in [-0.25, -0.2) is 17.2 Å². The summed E-state index contributed by atoms with van der Waals surface area (Å²) < 4.78 is 59.1. The second-order valence-corrected chi connectivity index (χ2v) is 7.69. The van der Waals surface area contributed by atoms with Crippen LogP contribution in [0.3, 0.4) is 0 Å². The molecule has 0 aliphatic carbocycles. The molecular formula is C16H14ClF2NO3S. The smallest absolute Gasteiger partial charge is 0.246 e. The van der Waals surface area contributed by atoms with E-state index in [0.717, 1.165) is 16.4 Å². The third kappa shape index (κ3) is 3.44. The third-order valence-corrected chi connectivity index (χ3v) is 5.92. The number of rotatable bonds is 3. The monoisotopic (exact) mass is 373 g/mol. The molecule has 1 atom stereocenters. The van der Waals surface area contributed by atoms with Gasteiger partial charge in [0.05, 0.1) is 12.7 Å². The molecule has 0 amide bonds. The molecule has 1 unspecified atom stereocenters. The lowest BCUT2D eigenvalue weighted by molar-refractivity contribution is -0.00264. The van der Waals surface area contributed by atoms with E-state index < -0.39 is 26.8 Å². The van der Waals surface area contributed by atoms with Gasteiger partial charge in [0.15, 0.2) is 0 Å². The largest absolute Gasteiger partial charge is 0.371 e. The second kappa shape index (κ2) is 6.76. The molecule has 24 heavy (non-hydrogen) atoms. The summed E-state index contributed by atoms with van der Waals surface area (Å²) in [4.78, 5) is -0.424. The zero-order valence-electron chi connectivity index (χ0n) is 12.5. The number of ether oxygens (including phenoxy) is 1. The first-order valence-corrected chi connectivity index (χ1v) is 9.02. The van der Waals surface area contributed by atoms with Crippen LogP contribution in [0.15, 0.2) is 47.4 Å². The van der Waals surface area contributed by atoms with Crippen molar-refractivity contribution in [3.8, 4) is 0 Å². The van der Waals surface area contributed by atoms with Gasteiger partial charge in [-0.3, -0.25) is 0 Å². The van der Waals surface area contributed by atoms with Gasteiger partial charge >= 0.3 is 0 Å². The van der Waals surface area contributed by atoms with E-state index in [1.807, 2.05) is 0 Å². The molecule has 1 aliphatic heterocycles. The molecule has 1 aliphatic rings. The Morgan fingerprint density at radius 3 is 2.50 bits per heavy atom. The molecule has 0 saturated carbocycles. The first kappa shape index (κ1) is 17.3. The Bertz CT molecular complexity index is 843. The summed E-state index contributed by atoms with van der Waals surface area (Å²) in [6.45, 7) is 0.300. The van der Waals surface area contributed by atoms with Crippen LogP contribution in [-0.2, 0) is 14.8 Å². The van der Waals surface area contributed by atoms with E-state index in [-0.39, 0.29) is 30.5 Å². The van der Waals surface area contributed by atoms with Crippen LogP contribution in [0, 0.1) is 11.6 Å². The lowest BCUT2D eigenvalue weighted by Crippen LogP contribution is -2.42. The molecule has 4 nitrogen and oxygen atoms in total. The average Bonchev–Trinajstić information content (AvgIpc) is 2.55. The molecule has 128 valence electrons. The number of hydrogen-bond donors (Lipinski definition) is 0. The summed E-state index contributed by atoms with van der Waals surface area (Å²) in [5.74, 6) is -1.28. The lowest BCUT2D eigenvalue weighted by atomic mass is 10.1. The van der Waals surface area contributed by atoms with Crippen LogP contribution in [0.1, 0.15) is 11.7 Å². The van der Waals surface area contributed by atoms with Crippen molar-refractivity contribution in [2.24, 2.45) is 0 Å². The van der Waals surface area contributed by atoms with E-state index in [9.17, 15) is 17.2 Å². The fourth-order valence-corrected chi connectivity index (χ4v) is 4.18. The van der Waals surface area contributed by atoms with Gasteiger partial charge in [-0.2, -0.15) is 4.31 Å². The van der Waals surface area contributed by atoms with Gasteiger partial charge in [0.25, 0.3) is 0 Å². The van der Waals surface area contributed by atoms with Gasteiger partial charge < -0.3 is 4.74 Å². The van der Waals surface area contributed by atoms with Crippen molar-refractivity contribution in [3.63, 3.8) is 0 Å². The van der Waals surface area contributed by atoms with E-state index in [0.29, 0.717) is 5.56 Å². The summed E-state index contributed by atoms with van der Waals surface area (Å²) in [6.07, 6.45) is -0.538. The molecule has 0 spiro atoms. The molecule has 2 aromatic rings. The van der Waals surface area contributed by atoms with E-state index in [4.69, 9.17) is 16.3 Å². The topological polar surface area (TPSA) is 46.6 Å². The van der Waals surface area contributed by atoms with Crippen LogP contribution in [0.25, 0.3) is 0 Å². The highest BCUT2D eigenvalue weighted by Crippen LogP contribution is 2.28. The van der Waals surface area contributed by atoms with E-state index in [1.165, 1.54) is 18.2 Å². The molecule has 0 bridgehead atoms. The normalized spacial score (nSPS) is 19.4. The third-order valence-electron chi connectivity index (χ3n) is 3.78. The fraction of sp³-hybridized carbons (Fsp3) is 0.250. The highest BCUT2D eigenvalue weighted by Gasteiger charge is 2.33. The Labute approximate surface area is 143 Å². The van der Waals surface area contributed by atoms with Crippen molar-refractivity contribution in [1.82, 2.24) is 4.31 Å². The van der Waals surface area contributed by atoms with Crippen LogP contribution in [0.4, 0.5) is 8.78 Å². The fourth-order valence-electron chi connectivity index (χ4n) is 2.55. The standard InChI is InChI=1S/C16H14ClF2NO3S/c17-12-3-6-16(14(19)9-12)24(21,22)20-7-8-23-15(10-20)11-1-4-13(18)5-2-11/h1-6,9,15H,7-8,10H2. The Hall–Kier alpha value is -1.54. The molecule has 1 heterocycles. The Balaban J connectivity index is 1.87. The van der Waals surface area contributed by atoms with Crippen molar-refractivity contribution in [2.75, 3.05) is 19.7 Å². The van der Waals surface area contributed by atoms with Gasteiger partial charge in [-0.05, 0) is 35.9 Å². The van der Waals surface area contributed by atoms with Crippen LogP contribution >= 0.6 is 11.6 Å². The van der Waals surface area contributed by atoms with Crippen molar-refractivity contribution < 1.29 is 21.9 Å². The van der Waals surface area contributed by atoms with Gasteiger partial charge in [0.1, 0.15) is 16.5 Å². The average molecular weight is 374 g/mol. The van der Waals surface area contributed by atoms with Crippen LogP contribution in [0.5, 0.6) is 0 Å². The Kier molecular flexibility index (Phi) is 4.87. The van der Waals surface area contributed by atoms with Crippen LogP contribution in [-0.4, -0.2) is 32.4 Å². The first-order chi connectivity index (χ1) is 11.4. The minimum Gasteiger partial charge on any atom is -0.371 e. The summed E-state index contributed by atoms with van der Waals surface area (Å²) >= 11 is 5.67. The SMILES string of the molecule is O=S(=O)(c1ccc(Cl)cc1F)N1CCOC(c2ccc(F)cc2)C1. The number of nitrogens with zero attached hydrogens (tertiary/aromatic N) is 1. The molecule has 3 rings (SSSR count). The molecular weight excluding hydrogens is 360 g/mol. The van der Waals surface area contributed by atoms with Gasteiger partial charge in [0.2, 0.25) is 10.0 Å². The van der Waals surface area contributed by atoms with Crippen molar-refractivity contribution in [1.29, 1.82) is 0 Å². The van der Waals surface area contributed by atoms with Gasteiger partial charge in [0, 0.05) is 18.1 Å². The van der Waals surface area contributed by atoms with E-state index in [1.54, 1.807) is 12.1 Å². The second-order valence-electron chi connectivity index (χ2n) is 5.35. The lowest BCUT2D eigenvalue weighted by Gasteiger charge is -2.32. The Morgan fingerprint density at radius 1 is 1.12 bits per heavy atom. The number of hydrogen-bond acceptors (Lipinski definition) is 3. The van der Waals surface area contributed by atoms with Crippen molar-refractivity contribution in [3.05, 3.63) is 64.7 Å². The minimum absolute atomic E-state index is 0.0238. The number of morpholine rings is 1. The molecule has 0 radical (unpaired) electrons. The predicted molar refractivity (Wildman–Crippen MR) is 85.3 cm³/mol. The minimum atomic E-state index is -4.01. The Morgan fingerprint density at radius 2 is 1.83 bits per heavy atom. The quantitative estimate of drug-likeness (QED) is 0.828. The molecule has 0 aromatic heterocycles.